The molecule has 1 N–H and O–H groups in total. The standard InChI is InChI=1S/C23H29NO3/c1-15-6-7-17(12-16(15)2)8-11-22(25)24-20-14-23(3,4)27-21-10-9-18(26-5)13-19(20)21/h6-7,9-10,12-13,20H,8,11,14H2,1-5H3,(H,24,25). The highest BCUT2D eigenvalue weighted by Gasteiger charge is 2.34. The number of ether oxygens (including phenoxy) is 2. The van der Waals surface area contributed by atoms with Crippen LogP contribution < -0.4 is 14.8 Å². The van der Waals surface area contributed by atoms with Crippen molar-refractivity contribution in [1.82, 2.24) is 5.32 Å². The Bertz CT molecular complexity index is 842. The molecule has 0 fully saturated rings. The molecule has 0 aliphatic carbocycles. The Hall–Kier alpha value is -2.49. The molecular weight excluding hydrogens is 338 g/mol. The van der Waals surface area contributed by atoms with Gasteiger partial charge in [0.2, 0.25) is 5.91 Å². The van der Waals surface area contributed by atoms with Gasteiger partial charge in [0.15, 0.2) is 0 Å². The Labute approximate surface area is 161 Å². The van der Waals surface area contributed by atoms with E-state index in [2.05, 4.69) is 51.2 Å². The van der Waals surface area contributed by atoms with E-state index in [1.54, 1.807) is 7.11 Å². The number of aryl methyl sites for hydroxylation is 3. The number of nitrogens with one attached hydrogen (secondary N) is 1. The number of fused-ring (bicyclic) bond motifs is 1. The third-order valence-electron chi connectivity index (χ3n) is 5.22. The third-order valence-corrected chi connectivity index (χ3v) is 5.22. The van der Waals surface area contributed by atoms with E-state index in [1.807, 2.05) is 18.2 Å². The summed E-state index contributed by atoms with van der Waals surface area (Å²) in [5.41, 5.74) is 4.39. The Morgan fingerprint density at radius 1 is 1.19 bits per heavy atom. The summed E-state index contributed by atoms with van der Waals surface area (Å²) >= 11 is 0. The molecule has 4 heteroatoms. The van der Waals surface area contributed by atoms with E-state index in [4.69, 9.17) is 9.47 Å². The summed E-state index contributed by atoms with van der Waals surface area (Å²) in [6.07, 6.45) is 1.94. The van der Waals surface area contributed by atoms with Crippen LogP contribution in [0.3, 0.4) is 0 Å². The van der Waals surface area contributed by atoms with Gasteiger partial charge in [0, 0.05) is 18.4 Å². The lowest BCUT2D eigenvalue weighted by molar-refractivity contribution is -0.122. The lowest BCUT2D eigenvalue weighted by atomic mass is 9.89. The minimum absolute atomic E-state index is 0.0599. The first-order chi connectivity index (χ1) is 12.8. The van der Waals surface area contributed by atoms with Gasteiger partial charge < -0.3 is 14.8 Å². The molecule has 0 saturated heterocycles. The van der Waals surface area contributed by atoms with Crippen LogP contribution in [0.15, 0.2) is 36.4 Å². The summed E-state index contributed by atoms with van der Waals surface area (Å²) in [7, 11) is 1.65. The number of rotatable bonds is 5. The van der Waals surface area contributed by atoms with E-state index in [0.29, 0.717) is 6.42 Å². The van der Waals surface area contributed by atoms with Crippen LogP contribution in [-0.2, 0) is 11.2 Å². The highest BCUT2D eigenvalue weighted by atomic mass is 16.5. The predicted octanol–water partition coefficient (Wildman–Crippen LogP) is 4.66. The van der Waals surface area contributed by atoms with Gasteiger partial charge in [0.1, 0.15) is 17.1 Å². The monoisotopic (exact) mass is 367 g/mol. The van der Waals surface area contributed by atoms with Crippen molar-refractivity contribution < 1.29 is 14.3 Å². The first-order valence-electron chi connectivity index (χ1n) is 9.50. The van der Waals surface area contributed by atoms with Gasteiger partial charge in [-0.3, -0.25) is 4.79 Å². The van der Waals surface area contributed by atoms with Crippen molar-refractivity contribution in [1.29, 1.82) is 0 Å². The number of methoxy groups -OCH3 is 1. The number of carbonyl (C=O) groups excluding carboxylic acids is 1. The molecule has 3 rings (SSSR count). The second kappa shape index (κ2) is 7.63. The molecule has 1 aliphatic rings. The largest absolute Gasteiger partial charge is 0.497 e. The van der Waals surface area contributed by atoms with Crippen molar-refractivity contribution in [2.24, 2.45) is 0 Å². The van der Waals surface area contributed by atoms with Crippen LogP contribution in [0.4, 0.5) is 0 Å². The first kappa shape index (κ1) is 19.3. The maximum Gasteiger partial charge on any atom is 0.220 e. The van der Waals surface area contributed by atoms with Crippen LogP contribution in [0.5, 0.6) is 11.5 Å². The number of amides is 1. The predicted molar refractivity (Wildman–Crippen MR) is 107 cm³/mol. The van der Waals surface area contributed by atoms with Crippen LogP contribution in [0.2, 0.25) is 0 Å². The van der Waals surface area contributed by atoms with Gasteiger partial charge in [0.25, 0.3) is 0 Å². The smallest absolute Gasteiger partial charge is 0.220 e. The molecule has 27 heavy (non-hydrogen) atoms. The molecule has 0 radical (unpaired) electrons. The summed E-state index contributed by atoms with van der Waals surface area (Å²) in [5, 5.41) is 3.20. The normalized spacial score (nSPS) is 17.6. The zero-order valence-electron chi connectivity index (χ0n) is 16.9. The molecule has 0 spiro atoms. The third kappa shape index (κ3) is 4.62. The van der Waals surface area contributed by atoms with E-state index in [0.717, 1.165) is 29.9 Å². The van der Waals surface area contributed by atoms with Crippen LogP contribution >= 0.6 is 0 Å². The van der Waals surface area contributed by atoms with E-state index < -0.39 is 0 Å². The fourth-order valence-corrected chi connectivity index (χ4v) is 3.57. The van der Waals surface area contributed by atoms with Crippen molar-refractivity contribution in [3.05, 3.63) is 58.7 Å². The molecule has 1 unspecified atom stereocenters. The van der Waals surface area contributed by atoms with Crippen molar-refractivity contribution >= 4 is 5.91 Å². The number of carbonyl (C=O) groups is 1. The van der Waals surface area contributed by atoms with Crippen LogP contribution in [0, 0.1) is 13.8 Å². The maximum atomic E-state index is 12.6. The molecule has 4 nitrogen and oxygen atoms in total. The topological polar surface area (TPSA) is 47.6 Å². The lowest BCUT2D eigenvalue weighted by Gasteiger charge is -2.38. The second-order valence-corrected chi connectivity index (χ2v) is 8.01. The molecule has 144 valence electrons. The molecule has 0 aromatic heterocycles. The van der Waals surface area contributed by atoms with E-state index in [1.165, 1.54) is 16.7 Å². The van der Waals surface area contributed by atoms with Gasteiger partial charge in [-0.15, -0.1) is 0 Å². The summed E-state index contributed by atoms with van der Waals surface area (Å²) in [6.45, 7) is 8.31. The van der Waals surface area contributed by atoms with Gasteiger partial charge >= 0.3 is 0 Å². The van der Waals surface area contributed by atoms with E-state index in [-0.39, 0.29) is 17.6 Å². The van der Waals surface area contributed by atoms with Crippen molar-refractivity contribution in [2.45, 2.75) is 58.6 Å². The SMILES string of the molecule is COc1ccc2c(c1)C(NC(=O)CCc1ccc(C)c(C)c1)CC(C)(C)O2. The minimum Gasteiger partial charge on any atom is -0.497 e. The molecule has 1 heterocycles. The Morgan fingerprint density at radius 2 is 1.96 bits per heavy atom. The quantitative estimate of drug-likeness (QED) is 0.836. The molecule has 1 aliphatic heterocycles. The fourth-order valence-electron chi connectivity index (χ4n) is 3.57. The van der Waals surface area contributed by atoms with Gasteiger partial charge in [-0.2, -0.15) is 0 Å². The van der Waals surface area contributed by atoms with Crippen molar-refractivity contribution in [2.75, 3.05) is 7.11 Å². The summed E-state index contributed by atoms with van der Waals surface area (Å²) < 4.78 is 11.4. The van der Waals surface area contributed by atoms with Crippen LogP contribution in [0.1, 0.15) is 55.0 Å². The number of benzene rings is 2. The van der Waals surface area contributed by atoms with E-state index >= 15 is 0 Å². The molecule has 2 aromatic rings. The molecule has 2 aromatic carbocycles. The highest BCUT2D eigenvalue weighted by Crippen LogP contribution is 2.41. The zero-order valence-corrected chi connectivity index (χ0v) is 16.9. The summed E-state index contributed by atoms with van der Waals surface area (Å²) in [6, 6.07) is 12.1. The average Bonchev–Trinajstić information content (AvgIpc) is 2.61. The molecule has 0 saturated carbocycles. The van der Waals surface area contributed by atoms with Crippen molar-refractivity contribution in [3.63, 3.8) is 0 Å². The maximum absolute atomic E-state index is 12.6. The summed E-state index contributed by atoms with van der Waals surface area (Å²) in [4.78, 5) is 12.6. The minimum atomic E-state index is -0.326. The van der Waals surface area contributed by atoms with Gasteiger partial charge in [0.05, 0.1) is 13.2 Å². The van der Waals surface area contributed by atoms with Gasteiger partial charge in [-0.05, 0) is 69.0 Å². The van der Waals surface area contributed by atoms with Crippen LogP contribution in [0.25, 0.3) is 0 Å². The van der Waals surface area contributed by atoms with E-state index in [9.17, 15) is 4.79 Å². The molecule has 1 amide bonds. The highest BCUT2D eigenvalue weighted by molar-refractivity contribution is 5.77. The van der Waals surface area contributed by atoms with Crippen molar-refractivity contribution in [3.8, 4) is 11.5 Å². The summed E-state index contributed by atoms with van der Waals surface area (Å²) in [5.74, 6) is 1.64. The van der Waals surface area contributed by atoms with Gasteiger partial charge in [-0.25, -0.2) is 0 Å². The number of hydrogen-bond donors (Lipinski definition) is 1. The molecular formula is C23H29NO3. The lowest BCUT2D eigenvalue weighted by Crippen LogP contribution is -2.41. The Balaban J connectivity index is 1.70. The molecule has 1 atom stereocenters. The van der Waals surface area contributed by atoms with Crippen LogP contribution in [-0.4, -0.2) is 18.6 Å². The molecule has 0 bridgehead atoms. The number of hydrogen-bond acceptors (Lipinski definition) is 3. The Kier molecular flexibility index (Phi) is 5.45. The van der Waals surface area contributed by atoms with Gasteiger partial charge in [-0.1, -0.05) is 18.2 Å². The second-order valence-electron chi connectivity index (χ2n) is 8.01. The zero-order chi connectivity index (χ0) is 19.6. The fraction of sp³-hybridized carbons (Fsp3) is 0.435. The average molecular weight is 367 g/mol. The Morgan fingerprint density at radius 3 is 2.67 bits per heavy atom. The first-order valence-corrected chi connectivity index (χ1v) is 9.50.